The second kappa shape index (κ2) is 12.9. The normalized spacial score (nSPS) is 14.6. The molecule has 1 saturated carbocycles. The van der Waals surface area contributed by atoms with E-state index >= 15 is 0 Å². The SMILES string of the molecule is O=C(NC1CCCCC1)C(Cc1ccccc1)N(Cc1ccccc1F)C(=O)COc1ccccc1. The monoisotopic (exact) mass is 488 g/mol. The summed E-state index contributed by atoms with van der Waals surface area (Å²) in [5, 5.41) is 3.18. The highest BCUT2D eigenvalue weighted by Crippen LogP contribution is 2.21. The van der Waals surface area contributed by atoms with Crippen molar-refractivity contribution in [2.24, 2.45) is 0 Å². The first-order valence-electron chi connectivity index (χ1n) is 12.6. The smallest absolute Gasteiger partial charge is 0.261 e. The molecule has 188 valence electrons. The van der Waals surface area contributed by atoms with E-state index in [9.17, 15) is 14.0 Å². The van der Waals surface area contributed by atoms with Gasteiger partial charge in [0.15, 0.2) is 6.61 Å². The highest BCUT2D eigenvalue weighted by molar-refractivity contribution is 5.88. The highest BCUT2D eigenvalue weighted by atomic mass is 19.1. The van der Waals surface area contributed by atoms with Crippen molar-refractivity contribution in [1.29, 1.82) is 0 Å². The van der Waals surface area contributed by atoms with Crippen molar-refractivity contribution < 1.29 is 18.7 Å². The van der Waals surface area contributed by atoms with Gasteiger partial charge in [-0.1, -0.05) is 86.0 Å². The van der Waals surface area contributed by atoms with E-state index in [1.807, 2.05) is 48.5 Å². The molecule has 1 aliphatic carbocycles. The molecule has 1 N–H and O–H groups in total. The first-order valence-corrected chi connectivity index (χ1v) is 12.6. The molecule has 0 aromatic heterocycles. The summed E-state index contributed by atoms with van der Waals surface area (Å²) in [6.07, 6.45) is 5.53. The third-order valence-corrected chi connectivity index (χ3v) is 6.63. The Balaban J connectivity index is 1.61. The molecule has 2 amide bonds. The molecule has 1 atom stereocenters. The van der Waals surface area contributed by atoms with Gasteiger partial charge in [0.2, 0.25) is 5.91 Å². The second-order valence-electron chi connectivity index (χ2n) is 9.26. The minimum atomic E-state index is -0.805. The number of hydrogen-bond acceptors (Lipinski definition) is 3. The fourth-order valence-corrected chi connectivity index (χ4v) is 4.65. The van der Waals surface area contributed by atoms with Crippen molar-refractivity contribution in [3.63, 3.8) is 0 Å². The molecule has 3 aromatic carbocycles. The lowest BCUT2D eigenvalue weighted by Crippen LogP contribution is -2.53. The third kappa shape index (κ3) is 7.17. The van der Waals surface area contributed by atoms with Crippen LogP contribution in [0.5, 0.6) is 5.75 Å². The van der Waals surface area contributed by atoms with Crippen LogP contribution in [-0.4, -0.2) is 35.4 Å². The van der Waals surface area contributed by atoms with E-state index in [1.165, 1.54) is 17.4 Å². The van der Waals surface area contributed by atoms with E-state index in [0.29, 0.717) is 17.7 Å². The Labute approximate surface area is 212 Å². The topological polar surface area (TPSA) is 58.6 Å². The summed E-state index contributed by atoms with van der Waals surface area (Å²) in [4.78, 5) is 28.7. The van der Waals surface area contributed by atoms with E-state index < -0.39 is 11.9 Å². The number of amides is 2. The van der Waals surface area contributed by atoms with Crippen LogP contribution < -0.4 is 10.1 Å². The zero-order chi connectivity index (χ0) is 25.2. The quantitative estimate of drug-likeness (QED) is 0.422. The maximum atomic E-state index is 14.7. The molecule has 0 aliphatic heterocycles. The summed E-state index contributed by atoms with van der Waals surface area (Å²) in [6.45, 7) is -0.278. The molecule has 4 rings (SSSR count). The molecule has 0 spiro atoms. The maximum absolute atomic E-state index is 14.7. The number of carbonyl (C=O) groups is 2. The molecule has 1 unspecified atom stereocenters. The van der Waals surface area contributed by atoms with Crippen molar-refractivity contribution in [3.05, 3.63) is 102 Å². The third-order valence-electron chi connectivity index (χ3n) is 6.63. The number of nitrogens with zero attached hydrogens (tertiary/aromatic N) is 1. The summed E-state index contributed by atoms with van der Waals surface area (Å²) in [7, 11) is 0. The predicted molar refractivity (Wildman–Crippen MR) is 138 cm³/mol. The molecule has 36 heavy (non-hydrogen) atoms. The standard InChI is InChI=1S/C30H33FN2O3/c31-27-19-11-10-14-24(27)21-33(29(34)22-36-26-17-8-3-9-18-26)28(20-23-12-4-1-5-13-23)30(35)32-25-15-6-2-7-16-25/h1,3-5,8-14,17-19,25,28H,2,6-7,15-16,20-22H2,(H,32,35). The Morgan fingerprint density at radius 3 is 2.22 bits per heavy atom. The maximum Gasteiger partial charge on any atom is 0.261 e. The molecular weight excluding hydrogens is 455 g/mol. The van der Waals surface area contributed by atoms with Gasteiger partial charge in [0.25, 0.3) is 5.91 Å². The lowest BCUT2D eigenvalue weighted by atomic mass is 9.94. The number of rotatable bonds is 10. The van der Waals surface area contributed by atoms with Crippen LogP contribution in [0.25, 0.3) is 0 Å². The van der Waals surface area contributed by atoms with Gasteiger partial charge >= 0.3 is 0 Å². The molecule has 0 bridgehead atoms. The molecule has 3 aromatic rings. The van der Waals surface area contributed by atoms with E-state index in [-0.39, 0.29) is 31.0 Å². The number of ether oxygens (including phenoxy) is 1. The van der Waals surface area contributed by atoms with Crippen LogP contribution in [0.15, 0.2) is 84.9 Å². The average Bonchev–Trinajstić information content (AvgIpc) is 2.92. The summed E-state index contributed by atoms with van der Waals surface area (Å²) < 4.78 is 20.4. The molecule has 0 heterocycles. The van der Waals surface area contributed by atoms with Crippen molar-refractivity contribution in [1.82, 2.24) is 10.2 Å². The van der Waals surface area contributed by atoms with Gasteiger partial charge in [0.1, 0.15) is 17.6 Å². The number of nitrogens with one attached hydrogen (secondary N) is 1. The molecule has 0 saturated heterocycles. The molecule has 5 nitrogen and oxygen atoms in total. The summed E-state index contributed by atoms with van der Waals surface area (Å²) in [6, 6.07) is 24.3. The van der Waals surface area contributed by atoms with Gasteiger partial charge in [-0.25, -0.2) is 4.39 Å². The molecular formula is C30H33FN2O3. The van der Waals surface area contributed by atoms with Gasteiger partial charge in [0.05, 0.1) is 0 Å². The van der Waals surface area contributed by atoms with E-state index in [4.69, 9.17) is 4.74 Å². The van der Waals surface area contributed by atoms with E-state index in [0.717, 1.165) is 31.2 Å². The van der Waals surface area contributed by atoms with Gasteiger partial charge in [0, 0.05) is 24.6 Å². The first kappa shape index (κ1) is 25.4. The minimum absolute atomic E-state index is 0.0285. The van der Waals surface area contributed by atoms with Gasteiger partial charge in [-0.3, -0.25) is 9.59 Å². The van der Waals surface area contributed by atoms with Gasteiger partial charge in [-0.2, -0.15) is 0 Å². The van der Waals surface area contributed by atoms with Crippen LogP contribution in [0.1, 0.15) is 43.2 Å². The van der Waals surface area contributed by atoms with Crippen molar-refractivity contribution >= 4 is 11.8 Å². The number of carbonyl (C=O) groups excluding carboxylic acids is 2. The van der Waals surface area contributed by atoms with Crippen LogP contribution in [0.2, 0.25) is 0 Å². The van der Waals surface area contributed by atoms with Crippen LogP contribution in [0.3, 0.4) is 0 Å². The highest BCUT2D eigenvalue weighted by Gasteiger charge is 2.32. The minimum Gasteiger partial charge on any atom is -0.484 e. The number of halogens is 1. The summed E-state index contributed by atoms with van der Waals surface area (Å²) in [5.41, 5.74) is 1.28. The molecule has 1 fully saturated rings. The second-order valence-corrected chi connectivity index (χ2v) is 9.26. The summed E-state index contributed by atoms with van der Waals surface area (Å²) in [5.74, 6) is -0.439. The molecule has 6 heteroatoms. The number of hydrogen-bond donors (Lipinski definition) is 1. The van der Waals surface area contributed by atoms with Crippen LogP contribution in [0.4, 0.5) is 4.39 Å². The van der Waals surface area contributed by atoms with Crippen molar-refractivity contribution in [2.45, 2.75) is 57.2 Å². The lowest BCUT2D eigenvalue weighted by molar-refractivity contribution is -0.143. The van der Waals surface area contributed by atoms with E-state index in [2.05, 4.69) is 5.32 Å². The van der Waals surface area contributed by atoms with Gasteiger partial charge in [-0.05, 0) is 36.6 Å². The number of para-hydroxylation sites is 1. The van der Waals surface area contributed by atoms with Crippen molar-refractivity contribution in [2.75, 3.05) is 6.61 Å². The zero-order valence-corrected chi connectivity index (χ0v) is 20.4. The molecule has 1 aliphatic rings. The van der Waals surface area contributed by atoms with Gasteiger partial charge < -0.3 is 15.0 Å². The van der Waals surface area contributed by atoms with Crippen LogP contribution in [0, 0.1) is 5.82 Å². The average molecular weight is 489 g/mol. The van der Waals surface area contributed by atoms with Crippen molar-refractivity contribution in [3.8, 4) is 5.75 Å². The Bertz CT molecular complexity index is 1120. The van der Waals surface area contributed by atoms with Crippen LogP contribution in [-0.2, 0) is 22.6 Å². The Kier molecular flexibility index (Phi) is 9.09. The lowest BCUT2D eigenvalue weighted by Gasteiger charge is -2.33. The van der Waals surface area contributed by atoms with Gasteiger partial charge in [-0.15, -0.1) is 0 Å². The fourth-order valence-electron chi connectivity index (χ4n) is 4.65. The zero-order valence-electron chi connectivity index (χ0n) is 20.4. The Morgan fingerprint density at radius 1 is 0.889 bits per heavy atom. The fraction of sp³-hybridized carbons (Fsp3) is 0.333. The predicted octanol–water partition coefficient (Wildman–Crippen LogP) is 5.29. The Hall–Kier alpha value is -3.67. The number of benzene rings is 3. The van der Waals surface area contributed by atoms with Crippen LogP contribution >= 0.6 is 0 Å². The largest absolute Gasteiger partial charge is 0.484 e. The Morgan fingerprint density at radius 2 is 1.53 bits per heavy atom. The molecule has 0 radical (unpaired) electrons. The first-order chi connectivity index (χ1) is 17.6. The van der Waals surface area contributed by atoms with E-state index in [1.54, 1.807) is 30.3 Å². The summed E-state index contributed by atoms with van der Waals surface area (Å²) >= 11 is 0.